The topological polar surface area (TPSA) is 46.3 Å². The lowest BCUT2D eigenvalue weighted by molar-refractivity contribution is -0.132. The number of rotatable bonds is 4. The van der Waals surface area contributed by atoms with Gasteiger partial charge in [0.05, 0.1) is 0 Å². The fourth-order valence-corrected chi connectivity index (χ4v) is 2.88. The van der Waals surface area contributed by atoms with E-state index in [1.807, 2.05) is 12.1 Å². The largest absolute Gasteiger partial charge is 0.341 e. The molecule has 0 aliphatic heterocycles. The van der Waals surface area contributed by atoms with Crippen LogP contribution in [-0.2, 0) is 11.3 Å². The van der Waals surface area contributed by atoms with Crippen LogP contribution in [0.2, 0.25) is 10.0 Å². The van der Waals surface area contributed by atoms with E-state index in [9.17, 15) is 4.79 Å². The Morgan fingerprint density at radius 1 is 1.32 bits per heavy atom. The molecular weight excluding hydrogens is 283 g/mol. The molecule has 1 aliphatic rings. The Balaban J connectivity index is 1.96. The van der Waals surface area contributed by atoms with Crippen LogP contribution in [0.15, 0.2) is 18.2 Å². The van der Waals surface area contributed by atoms with Crippen LogP contribution < -0.4 is 5.73 Å². The van der Waals surface area contributed by atoms with E-state index in [2.05, 4.69) is 0 Å². The molecule has 0 heterocycles. The molecule has 1 aromatic carbocycles. The number of nitrogens with zero attached hydrogens (tertiary/aromatic N) is 1. The first-order valence-electron chi connectivity index (χ1n) is 6.36. The molecule has 0 atom stereocenters. The molecule has 104 valence electrons. The predicted octanol–water partition coefficient (Wildman–Crippen LogP) is 3.22. The van der Waals surface area contributed by atoms with Crippen molar-refractivity contribution in [2.45, 2.75) is 37.8 Å². The van der Waals surface area contributed by atoms with Crippen molar-refractivity contribution in [1.82, 2.24) is 4.90 Å². The van der Waals surface area contributed by atoms with Crippen LogP contribution in [-0.4, -0.2) is 23.4 Å². The fourth-order valence-electron chi connectivity index (χ4n) is 2.31. The maximum atomic E-state index is 12.1. The summed E-state index contributed by atoms with van der Waals surface area (Å²) >= 11 is 11.9. The number of carbonyl (C=O) groups is 1. The highest BCUT2D eigenvalue weighted by molar-refractivity contribution is 6.34. The van der Waals surface area contributed by atoms with E-state index in [-0.39, 0.29) is 11.4 Å². The molecule has 1 amide bonds. The molecule has 5 heteroatoms. The molecule has 1 saturated carbocycles. The Morgan fingerprint density at radius 2 is 1.89 bits per heavy atom. The maximum Gasteiger partial charge on any atom is 0.224 e. The van der Waals surface area contributed by atoms with Gasteiger partial charge in [-0.15, -0.1) is 0 Å². The van der Waals surface area contributed by atoms with Gasteiger partial charge in [0.2, 0.25) is 5.91 Å². The summed E-state index contributed by atoms with van der Waals surface area (Å²) in [5.74, 6) is 0.0679. The summed E-state index contributed by atoms with van der Waals surface area (Å²) in [6.45, 7) is 0.495. The van der Waals surface area contributed by atoms with Gasteiger partial charge in [-0.25, -0.2) is 0 Å². The first-order chi connectivity index (χ1) is 8.88. The number of benzene rings is 1. The van der Waals surface area contributed by atoms with Gasteiger partial charge in [0.1, 0.15) is 0 Å². The average molecular weight is 301 g/mol. The van der Waals surface area contributed by atoms with Crippen LogP contribution in [0.4, 0.5) is 0 Å². The molecule has 2 N–H and O–H groups in total. The summed E-state index contributed by atoms with van der Waals surface area (Å²) in [7, 11) is 1.78. The monoisotopic (exact) mass is 300 g/mol. The van der Waals surface area contributed by atoms with Gasteiger partial charge in [0, 0.05) is 35.6 Å². The van der Waals surface area contributed by atoms with Gasteiger partial charge < -0.3 is 10.6 Å². The molecule has 0 saturated heterocycles. The summed E-state index contributed by atoms with van der Waals surface area (Å²) in [6.07, 6.45) is 3.42. The Hall–Kier alpha value is -0.770. The van der Waals surface area contributed by atoms with Gasteiger partial charge in [-0.1, -0.05) is 23.2 Å². The van der Waals surface area contributed by atoms with Crippen molar-refractivity contribution in [3.63, 3.8) is 0 Å². The molecule has 0 unspecified atom stereocenters. The van der Waals surface area contributed by atoms with Crippen LogP contribution >= 0.6 is 23.2 Å². The van der Waals surface area contributed by atoms with E-state index in [1.54, 1.807) is 18.0 Å². The number of nitrogens with two attached hydrogens (primary N) is 1. The summed E-state index contributed by atoms with van der Waals surface area (Å²) in [4.78, 5) is 13.8. The number of halogens is 2. The predicted molar refractivity (Wildman–Crippen MR) is 78.3 cm³/mol. The van der Waals surface area contributed by atoms with Crippen molar-refractivity contribution in [2.24, 2.45) is 5.73 Å². The highest BCUT2D eigenvalue weighted by atomic mass is 35.5. The second kappa shape index (κ2) is 5.70. The summed E-state index contributed by atoms with van der Waals surface area (Å²) in [5.41, 5.74) is 6.74. The van der Waals surface area contributed by atoms with Crippen molar-refractivity contribution in [1.29, 1.82) is 0 Å². The van der Waals surface area contributed by atoms with Gasteiger partial charge in [-0.05, 0) is 43.0 Å². The quantitative estimate of drug-likeness (QED) is 0.928. The third kappa shape index (κ3) is 3.85. The SMILES string of the molecule is CN(Cc1cc(Cl)cc(Cl)c1)C(=O)CC1(N)CCC1. The van der Waals surface area contributed by atoms with Gasteiger partial charge >= 0.3 is 0 Å². The van der Waals surface area contributed by atoms with Gasteiger partial charge in [0.25, 0.3) is 0 Å². The normalized spacial score (nSPS) is 16.8. The zero-order chi connectivity index (χ0) is 14.0. The van der Waals surface area contributed by atoms with E-state index in [0.29, 0.717) is 23.0 Å². The molecule has 0 radical (unpaired) electrons. The lowest BCUT2D eigenvalue weighted by Gasteiger charge is -2.38. The third-order valence-electron chi connectivity index (χ3n) is 3.62. The lowest BCUT2D eigenvalue weighted by atomic mass is 9.75. The Morgan fingerprint density at radius 3 is 2.37 bits per heavy atom. The highest BCUT2D eigenvalue weighted by Crippen LogP contribution is 2.32. The van der Waals surface area contributed by atoms with Gasteiger partial charge in [-0.3, -0.25) is 4.79 Å². The van der Waals surface area contributed by atoms with E-state index < -0.39 is 0 Å². The van der Waals surface area contributed by atoms with Crippen LogP contribution in [0.25, 0.3) is 0 Å². The molecule has 1 fully saturated rings. The van der Waals surface area contributed by atoms with Crippen LogP contribution in [0.1, 0.15) is 31.2 Å². The molecule has 19 heavy (non-hydrogen) atoms. The van der Waals surface area contributed by atoms with Crippen LogP contribution in [0, 0.1) is 0 Å². The third-order valence-corrected chi connectivity index (χ3v) is 4.06. The zero-order valence-corrected chi connectivity index (χ0v) is 12.5. The first-order valence-corrected chi connectivity index (χ1v) is 7.11. The van der Waals surface area contributed by atoms with Crippen molar-refractivity contribution in [2.75, 3.05) is 7.05 Å². The van der Waals surface area contributed by atoms with Crippen LogP contribution in [0.5, 0.6) is 0 Å². The lowest BCUT2D eigenvalue weighted by Crippen LogP contribution is -2.50. The van der Waals surface area contributed by atoms with E-state index in [1.165, 1.54) is 0 Å². The zero-order valence-electron chi connectivity index (χ0n) is 11.0. The number of carbonyl (C=O) groups excluding carboxylic acids is 1. The minimum Gasteiger partial charge on any atom is -0.341 e. The minimum atomic E-state index is -0.280. The molecule has 0 spiro atoms. The number of amides is 1. The molecular formula is C14H18Cl2N2O. The van der Waals surface area contributed by atoms with Crippen molar-refractivity contribution >= 4 is 29.1 Å². The molecule has 0 bridgehead atoms. The van der Waals surface area contributed by atoms with Crippen molar-refractivity contribution in [3.05, 3.63) is 33.8 Å². The van der Waals surface area contributed by atoms with E-state index in [4.69, 9.17) is 28.9 Å². The molecule has 0 aromatic heterocycles. The van der Waals surface area contributed by atoms with Gasteiger partial charge in [-0.2, -0.15) is 0 Å². The Labute approximate surface area is 123 Å². The van der Waals surface area contributed by atoms with E-state index in [0.717, 1.165) is 24.8 Å². The van der Waals surface area contributed by atoms with Crippen LogP contribution in [0.3, 0.4) is 0 Å². The van der Waals surface area contributed by atoms with Gasteiger partial charge in [0.15, 0.2) is 0 Å². The molecule has 2 rings (SSSR count). The second-order valence-corrected chi connectivity index (χ2v) is 6.29. The van der Waals surface area contributed by atoms with Crippen molar-refractivity contribution < 1.29 is 4.79 Å². The van der Waals surface area contributed by atoms with E-state index >= 15 is 0 Å². The molecule has 3 nitrogen and oxygen atoms in total. The second-order valence-electron chi connectivity index (χ2n) is 5.42. The molecule has 1 aliphatic carbocycles. The smallest absolute Gasteiger partial charge is 0.224 e. The fraction of sp³-hybridized carbons (Fsp3) is 0.500. The molecule has 1 aromatic rings. The number of hydrogen-bond acceptors (Lipinski definition) is 2. The summed E-state index contributed by atoms with van der Waals surface area (Å²) in [6, 6.07) is 5.31. The maximum absolute atomic E-state index is 12.1. The Kier molecular flexibility index (Phi) is 4.39. The summed E-state index contributed by atoms with van der Waals surface area (Å²) in [5, 5.41) is 1.16. The Bertz CT molecular complexity index is 466. The first kappa shape index (κ1) is 14.6. The minimum absolute atomic E-state index is 0.0679. The standard InChI is InChI=1S/C14H18Cl2N2O/c1-18(13(19)8-14(17)3-2-4-14)9-10-5-11(15)7-12(16)6-10/h5-7H,2-4,8-9,17H2,1H3. The summed E-state index contributed by atoms with van der Waals surface area (Å²) < 4.78 is 0. The number of hydrogen-bond donors (Lipinski definition) is 1. The highest BCUT2D eigenvalue weighted by Gasteiger charge is 2.35. The van der Waals surface area contributed by atoms with Crippen molar-refractivity contribution in [3.8, 4) is 0 Å². The average Bonchev–Trinajstić information content (AvgIpc) is 2.25.